The van der Waals surface area contributed by atoms with Crippen molar-refractivity contribution in [3.8, 4) is 0 Å². The molecule has 1 aromatic carbocycles. The summed E-state index contributed by atoms with van der Waals surface area (Å²) < 4.78 is 1.82. The molecule has 1 aliphatic rings. The van der Waals surface area contributed by atoms with Crippen molar-refractivity contribution in [1.82, 2.24) is 9.47 Å². The van der Waals surface area contributed by atoms with E-state index in [1.165, 1.54) is 0 Å². The summed E-state index contributed by atoms with van der Waals surface area (Å²) in [6, 6.07) is 11.0. The van der Waals surface area contributed by atoms with Crippen molar-refractivity contribution < 1.29 is 9.90 Å². The van der Waals surface area contributed by atoms with E-state index in [0.717, 1.165) is 5.56 Å². The maximum absolute atomic E-state index is 12.5. The molecule has 0 aliphatic carbocycles. The van der Waals surface area contributed by atoms with Gasteiger partial charge < -0.3 is 14.6 Å². The van der Waals surface area contributed by atoms with E-state index in [2.05, 4.69) is 0 Å². The van der Waals surface area contributed by atoms with E-state index in [1.807, 2.05) is 48.1 Å². The van der Waals surface area contributed by atoms with Gasteiger partial charge in [0, 0.05) is 36.9 Å². The molecule has 4 nitrogen and oxygen atoms in total. The minimum absolute atomic E-state index is 0.00806. The van der Waals surface area contributed by atoms with Gasteiger partial charge in [-0.2, -0.15) is 0 Å². The van der Waals surface area contributed by atoms with Crippen LogP contribution in [-0.4, -0.2) is 33.6 Å². The van der Waals surface area contributed by atoms with E-state index in [-0.39, 0.29) is 5.91 Å². The molecule has 1 aromatic heterocycles. The van der Waals surface area contributed by atoms with Gasteiger partial charge in [-0.3, -0.25) is 4.79 Å². The molecule has 1 amide bonds. The topological polar surface area (TPSA) is 45.5 Å². The molecular weight excluding hydrogens is 300 g/mol. The van der Waals surface area contributed by atoms with Gasteiger partial charge in [-0.15, -0.1) is 0 Å². The van der Waals surface area contributed by atoms with Crippen LogP contribution >= 0.6 is 11.6 Å². The molecule has 1 N–H and O–H groups in total. The number of aryl methyl sites for hydroxylation is 1. The molecule has 0 radical (unpaired) electrons. The van der Waals surface area contributed by atoms with Crippen molar-refractivity contribution in [3.63, 3.8) is 0 Å². The number of amides is 1. The highest BCUT2D eigenvalue weighted by Crippen LogP contribution is 2.36. The fourth-order valence-electron chi connectivity index (χ4n) is 3.03. The summed E-state index contributed by atoms with van der Waals surface area (Å²) in [7, 11) is 1.86. The molecule has 0 unspecified atom stereocenters. The first-order valence-corrected chi connectivity index (χ1v) is 7.77. The predicted molar refractivity (Wildman–Crippen MR) is 85.9 cm³/mol. The second kappa shape index (κ2) is 5.78. The normalized spacial score (nSPS) is 17.5. The maximum atomic E-state index is 12.5. The van der Waals surface area contributed by atoms with Crippen LogP contribution in [0.3, 0.4) is 0 Å². The van der Waals surface area contributed by atoms with Crippen LogP contribution in [0.2, 0.25) is 5.02 Å². The standard InChI is InChI=1S/C17H19ClN2O2/c1-19-10-4-7-15(19)16(21)20-11-8-17(22,9-12-20)13-5-2-3-6-14(13)18/h2-7,10,22H,8-9,11-12H2,1H3. The highest BCUT2D eigenvalue weighted by Gasteiger charge is 2.37. The number of aliphatic hydroxyl groups is 1. The highest BCUT2D eigenvalue weighted by atomic mass is 35.5. The van der Waals surface area contributed by atoms with E-state index in [1.54, 1.807) is 11.0 Å². The van der Waals surface area contributed by atoms with Gasteiger partial charge in [0.05, 0.1) is 5.60 Å². The van der Waals surface area contributed by atoms with Crippen molar-refractivity contribution in [1.29, 1.82) is 0 Å². The van der Waals surface area contributed by atoms with Crippen molar-refractivity contribution in [2.75, 3.05) is 13.1 Å². The number of hydrogen-bond donors (Lipinski definition) is 1. The van der Waals surface area contributed by atoms with Crippen LogP contribution in [0.5, 0.6) is 0 Å². The highest BCUT2D eigenvalue weighted by molar-refractivity contribution is 6.31. The first kappa shape index (κ1) is 15.1. The average Bonchev–Trinajstić information content (AvgIpc) is 2.94. The summed E-state index contributed by atoms with van der Waals surface area (Å²) in [5, 5.41) is 11.5. The van der Waals surface area contributed by atoms with E-state index in [4.69, 9.17) is 11.6 Å². The summed E-state index contributed by atoms with van der Waals surface area (Å²) in [6.45, 7) is 1.04. The zero-order chi connectivity index (χ0) is 15.7. The number of piperidine rings is 1. The number of rotatable bonds is 2. The van der Waals surface area contributed by atoms with Crippen LogP contribution in [0, 0.1) is 0 Å². The average molecular weight is 319 g/mol. The molecule has 2 heterocycles. The van der Waals surface area contributed by atoms with Crippen LogP contribution in [0.1, 0.15) is 28.9 Å². The van der Waals surface area contributed by atoms with Gasteiger partial charge in [0.25, 0.3) is 5.91 Å². The molecule has 0 atom stereocenters. The Morgan fingerprint density at radius 2 is 1.86 bits per heavy atom. The van der Waals surface area contributed by atoms with E-state index < -0.39 is 5.60 Å². The number of hydrogen-bond acceptors (Lipinski definition) is 2. The zero-order valence-electron chi connectivity index (χ0n) is 12.5. The lowest BCUT2D eigenvalue weighted by molar-refractivity contribution is -0.0212. The van der Waals surface area contributed by atoms with Crippen LogP contribution in [0.4, 0.5) is 0 Å². The van der Waals surface area contributed by atoms with E-state index in [0.29, 0.717) is 36.6 Å². The lowest BCUT2D eigenvalue weighted by Gasteiger charge is -2.39. The predicted octanol–water partition coefficient (Wildman–Crippen LogP) is 2.80. The number of aromatic nitrogens is 1. The first-order valence-electron chi connectivity index (χ1n) is 7.39. The van der Waals surface area contributed by atoms with Gasteiger partial charge >= 0.3 is 0 Å². The van der Waals surface area contributed by atoms with Crippen LogP contribution in [0.25, 0.3) is 0 Å². The minimum Gasteiger partial charge on any atom is -0.385 e. The smallest absolute Gasteiger partial charge is 0.270 e. The zero-order valence-corrected chi connectivity index (χ0v) is 13.3. The molecule has 1 aliphatic heterocycles. The Labute approximate surface area is 134 Å². The van der Waals surface area contributed by atoms with Crippen LogP contribution < -0.4 is 0 Å². The van der Waals surface area contributed by atoms with Crippen molar-refractivity contribution in [3.05, 3.63) is 58.9 Å². The quantitative estimate of drug-likeness (QED) is 0.925. The molecular formula is C17H19ClN2O2. The second-order valence-corrected chi connectivity index (χ2v) is 6.22. The van der Waals surface area contributed by atoms with Gasteiger partial charge in [0.15, 0.2) is 0 Å². The van der Waals surface area contributed by atoms with Crippen molar-refractivity contribution >= 4 is 17.5 Å². The van der Waals surface area contributed by atoms with E-state index in [9.17, 15) is 9.90 Å². The molecule has 5 heteroatoms. The minimum atomic E-state index is -0.955. The third-order valence-electron chi connectivity index (χ3n) is 4.42. The summed E-state index contributed by atoms with van der Waals surface area (Å²) in [5.41, 5.74) is 0.467. The largest absolute Gasteiger partial charge is 0.385 e. The van der Waals surface area contributed by atoms with Gasteiger partial charge in [0.1, 0.15) is 5.69 Å². The second-order valence-electron chi connectivity index (χ2n) is 5.81. The Bertz CT molecular complexity index is 687. The monoisotopic (exact) mass is 318 g/mol. The molecule has 3 rings (SSSR count). The SMILES string of the molecule is Cn1cccc1C(=O)N1CCC(O)(c2ccccc2Cl)CC1. The number of carbonyl (C=O) groups is 1. The third-order valence-corrected chi connectivity index (χ3v) is 4.75. The Kier molecular flexibility index (Phi) is 3.98. The Balaban J connectivity index is 1.74. The van der Waals surface area contributed by atoms with E-state index >= 15 is 0 Å². The van der Waals surface area contributed by atoms with Gasteiger partial charge in [-0.25, -0.2) is 0 Å². The van der Waals surface area contributed by atoms with Crippen LogP contribution in [0.15, 0.2) is 42.6 Å². The molecule has 2 aromatic rings. The Morgan fingerprint density at radius 1 is 1.18 bits per heavy atom. The number of benzene rings is 1. The molecule has 116 valence electrons. The molecule has 1 fully saturated rings. The lowest BCUT2D eigenvalue weighted by atomic mass is 9.84. The molecule has 22 heavy (non-hydrogen) atoms. The third kappa shape index (κ3) is 2.64. The lowest BCUT2D eigenvalue weighted by Crippen LogP contribution is -2.45. The van der Waals surface area contributed by atoms with Gasteiger partial charge in [-0.05, 0) is 31.0 Å². The van der Waals surface area contributed by atoms with Crippen molar-refractivity contribution in [2.45, 2.75) is 18.4 Å². The Morgan fingerprint density at radius 3 is 2.45 bits per heavy atom. The molecule has 0 spiro atoms. The van der Waals surface area contributed by atoms with Crippen molar-refractivity contribution in [2.24, 2.45) is 7.05 Å². The molecule has 0 bridgehead atoms. The summed E-state index contributed by atoms with van der Waals surface area (Å²) in [4.78, 5) is 14.3. The maximum Gasteiger partial charge on any atom is 0.270 e. The van der Waals surface area contributed by atoms with Gasteiger partial charge in [0.2, 0.25) is 0 Å². The fourth-order valence-corrected chi connectivity index (χ4v) is 3.34. The molecule has 0 saturated carbocycles. The number of carbonyl (C=O) groups excluding carboxylic acids is 1. The first-order chi connectivity index (χ1) is 10.5. The number of halogens is 1. The summed E-state index contributed by atoms with van der Waals surface area (Å²) >= 11 is 6.20. The molecule has 1 saturated heterocycles. The van der Waals surface area contributed by atoms with Crippen LogP contribution in [-0.2, 0) is 12.6 Å². The van der Waals surface area contributed by atoms with Gasteiger partial charge in [-0.1, -0.05) is 29.8 Å². The number of nitrogens with zero attached hydrogens (tertiary/aromatic N) is 2. The Hall–Kier alpha value is -1.78. The summed E-state index contributed by atoms with van der Waals surface area (Å²) in [6.07, 6.45) is 2.84. The fraction of sp³-hybridized carbons (Fsp3) is 0.353. The summed E-state index contributed by atoms with van der Waals surface area (Å²) in [5.74, 6) is 0.00806. The number of likely N-dealkylation sites (tertiary alicyclic amines) is 1.